The minimum absolute atomic E-state index is 0.0650. The molecule has 0 aliphatic carbocycles. The summed E-state index contributed by atoms with van der Waals surface area (Å²) in [4.78, 5) is 20.0. The number of benzene rings is 3. The fourth-order valence-electron chi connectivity index (χ4n) is 5.30. The van der Waals surface area contributed by atoms with E-state index in [1.807, 2.05) is 11.0 Å². The number of carbonyl (C=O) groups excluding carboxylic acids is 1. The molecule has 0 radical (unpaired) electrons. The number of ether oxygens (including phenoxy) is 1. The second-order valence-electron chi connectivity index (χ2n) is 9.78. The van der Waals surface area contributed by atoms with Crippen LogP contribution in [-0.4, -0.2) is 28.6 Å². The quantitative estimate of drug-likeness (QED) is 0.301. The van der Waals surface area contributed by atoms with Crippen LogP contribution < -0.4 is 9.64 Å². The van der Waals surface area contributed by atoms with Gasteiger partial charge < -0.3 is 14.2 Å². The van der Waals surface area contributed by atoms with Gasteiger partial charge in [0.25, 0.3) is 0 Å². The zero-order valence-electron chi connectivity index (χ0n) is 21.0. The Labute approximate surface area is 207 Å². The first-order valence-electron chi connectivity index (χ1n) is 12.4. The van der Waals surface area contributed by atoms with E-state index in [2.05, 4.69) is 86.9 Å². The summed E-state index contributed by atoms with van der Waals surface area (Å²) in [5.41, 5.74) is 7.76. The Kier molecular flexibility index (Phi) is 6.33. The van der Waals surface area contributed by atoms with E-state index in [-0.39, 0.29) is 11.8 Å². The average Bonchev–Trinajstić information content (AvgIpc) is 3.38. The molecular formula is C30H33N3O2. The van der Waals surface area contributed by atoms with Gasteiger partial charge in [0.1, 0.15) is 11.6 Å². The maximum Gasteiger partial charge on any atom is 0.227 e. The van der Waals surface area contributed by atoms with E-state index in [4.69, 9.17) is 9.72 Å². The van der Waals surface area contributed by atoms with E-state index in [9.17, 15) is 4.79 Å². The number of imidazole rings is 1. The van der Waals surface area contributed by atoms with Gasteiger partial charge in [-0.1, -0.05) is 36.4 Å². The maximum atomic E-state index is 13.1. The van der Waals surface area contributed by atoms with Crippen LogP contribution in [0.1, 0.15) is 46.8 Å². The number of amides is 1. The van der Waals surface area contributed by atoms with Crippen molar-refractivity contribution < 1.29 is 9.53 Å². The summed E-state index contributed by atoms with van der Waals surface area (Å²) in [7, 11) is 0. The van der Waals surface area contributed by atoms with Crippen LogP contribution in [0.25, 0.3) is 11.0 Å². The number of anilines is 1. The molecule has 1 aliphatic heterocycles. The summed E-state index contributed by atoms with van der Waals surface area (Å²) in [5.74, 6) is 2.21. The first-order valence-corrected chi connectivity index (χ1v) is 12.4. The summed E-state index contributed by atoms with van der Waals surface area (Å²) in [6.45, 7) is 10.4. The van der Waals surface area contributed by atoms with E-state index in [0.29, 0.717) is 19.6 Å². The monoisotopic (exact) mass is 467 g/mol. The molecule has 3 aromatic carbocycles. The molecule has 0 N–H and O–H groups in total. The number of carbonyl (C=O) groups is 1. The van der Waals surface area contributed by atoms with Crippen molar-refractivity contribution >= 4 is 22.6 Å². The smallest absolute Gasteiger partial charge is 0.227 e. The highest BCUT2D eigenvalue weighted by Gasteiger charge is 2.35. The van der Waals surface area contributed by atoms with E-state index in [1.165, 1.54) is 11.1 Å². The molecule has 1 fully saturated rings. The number of para-hydroxylation sites is 3. The minimum Gasteiger partial charge on any atom is -0.493 e. The van der Waals surface area contributed by atoms with Crippen LogP contribution in [0.4, 0.5) is 5.69 Å². The molecule has 1 unspecified atom stereocenters. The van der Waals surface area contributed by atoms with E-state index in [0.717, 1.165) is 52.4 Å². The third kappa shape index (κ3) is 4.68. The molecule has 5 rings (SSSR count). The molecule has 1 saturated heterocycles. The van der Waals surface area contributed by atoms with Gasteiger partial charge in [-0.2, -0.15) is 0 Å². The molecule has 0 bridgehead atoms. The van der Waals surface area contributed by atoms with Gasteiger partial charge in [-0.05, 0) is 80.6 Å². The third-order valence-corrected chi connectivity index (χ3v) is 6.87. The number of hydrogen-bond acceptors (Lipinski definition) is 3. The Morgan fingerprint density at radius 3 is 2.40 bits per heavy atom. The van der Waals surface area contributed by atoms with E-state index >= 15 is 0 Å². The number of nitrogens with zero attached hydrogens (tertiary/aromatic N) is 3. The van der Waals surface area contributed by atoms with Crippen LogP contribution in [0.5, 0.6) is 5.75 Å². The lowest BCUT2D eigenvalue weighted by Gasteiger charge is -2.19. The molecule has 4 aromatic rings. The lowest BCUT2D eigenvalue weighted by molar-refractivity contribution is -0.117. The Hall–Kier alpha value is -3.60. The topological polar surface area (TPSA) is 47.4 Å². The summed E-state index contributed by atoms with van der Waals surface area (Å²) in [6.07, 6.45) is 1.35. The zero-order valence-corrected chi connectivity index (χ0v) is 21.0. The molecule has 180 valence electrons. The molecule has 35 heavy (non-hydrogen) atoms. The molecule has 2 heterocycles. The first kappa shape index (κ1) is 23.2. The lowest BCUT2D eigenvalue weighted by atomic mass is 10.1. The summed E-state index contributed by atoms with van der Waals surface area (Å²) in [5, 5.41) is 0. The van der Waals surface area contributed by atoms with Crippen LogP contribution in [0, 0.1) is 27.7 Å². The summed E-state index contributed by atoms with van der Waals surface area (Å²) in [6, 6.07) is 20.8. The van der Waals surface area contributed by atoms with Crippen molar-refractivity contribution in [3.63, 3.8) is 0 Å². The number of aryl methyl sites for hydroxylation is 5. The fraction of sp³-hybridized carbons (Fsp3) is 0.333. The predicted molar refractivity (Wildman–Crippen MR) is 141 cm³/mol. The number of fused-ring (bicyclic) bond motifs is 1. The molecule has 5 nitrogen and oxygen atoms in total. The Morgan fingerprint density at radius 1 is 0.943 bits per heavy atom. The minimum atomic E-state index is 0.0650. The Morgan fingerprint density at radius 2 is 1.66 bits per heavy atom. The van der Waals surface area contributed by atoms with Gasteiger partial charge in [0.15, 0.2) is 0 Å². The molecule has 1 aliphatic rings. The molecule has 1 aromatic heterocycles. The van der Waals surface area contributed by atoms with Gasteiger partial charge in [-0.15, -0.1) is 0 Å². The van der Waals surface area contributed by atoms with E-state index < -0.39 is 0 Å². The standard InChI is InChI=1S/C30H33N3O2/c1-20-15-21(2)17-25(16-20)33-19-24(18-28(33)34)30-31-26-11-5-6-12-27(26)32(30)13-8-14-35-29-22(3)9-7-10-23(29)4/h5-7,9-12,15-17,24H,8,13-14,18-19H2,1-4H3. The number of hydrogen-bond donors (Lipinski definition) is 0. The largest absolute Gasteiger partial charge is 0.493 e. The molecule has 1 atom stereocenters. The van der Waals surface area contributed by atoms with Crippen molar-refractivity contribution in [2.45, 2.75) is 53.0 Å². The van der Waals surface area contributed by atoms with Crippen LogP contribution in [0.3, 0.4) is 0 Å². The second kappa shape index (κ2) is 9.57. The van der Waals surface area contributed by atoms with Crippen LogP contribution in [0.2, 0.25) is 0 Å². The highest BCUT2D eigenvalue weighted by molar-refractivity contribution is 5.96. The maximum absolute atomic E-state index is 13.1. The summed E-state index contributed by atoms with van der Waals surface area (Å²) < 4.78 is 8.46. The van der Waals surface area contributed by atoms with Gasteiger partial charge >= 0.3 is 0 Å². The highest BCUT2D eigenvalue weighted by Crippen LogP contribution is 2.34. The average molecular weight is 468 g/mol. The number of rotatable bonds is 7. The van der Waals surface area contributed by atoms with Gasteiger partial charge in [0, 0.05) is 31.1 Å². The zero-order chi connectivity index (χ0) is 24.5. The summed E-state index contributed by atoms with van der Waals surface area (Å²) >= 11 is 0. The molecular weight excluding hydrogens is 434 g/mol. The normalized spacial score (nSPS) is 15.8. The third-order valence-electron chi connectivity index (χ3n) is 6.87. The first-order chi connectivity index (χ1) is 16.9. The highest BCUT2D eigenvalue weighted by atomic mass is 16.5. The van der Waals surface area contributed by atoms with Crippen LogP contribution in [-0.2, 0) is 11.3 Å². The van der Waals surface area contributed by atoms with E-state index in [1.54, 1.807) is 0 Å². The molecule has 1 amide bonds. The fourth-order valence-corrected chi connectivity index (χ4v) is 5.30. The van der Waals surface area contributed by atoms with Crippen molar-refractivity contribution in [3.8, 4) is 5.75 Å². The SMILES string of the molecule is Cc1cc(C)cc(N2CC(c3nc4ccccc4n3CCCOc3c(C)cccc3C)CC2=O)c1. The number of aromatic nitrogens is 2. The van der Waals surface area contributed by atoms with Crippen molar-refractivity contribution in [1.29, 1.82) is 0 Å². The Bertz CT molecular complexity index is 1350. The van der Waals surface area contributed by atoms with Gasteiger partial charge in [0.05, 0.1) is 17.6 Å². The molecule has 0 saturated carbocycles. The lowest BCUT2D eigenvalue weighted by Crippen LogP contribution is -2.24. The predicted octanol–water partition coefficient (Wildman–Crippen LogP) is 6.26. The van der Waals surface area contributed by atoms with Crippen molar-refractivity contribution in [2.24, 2.45) is 0 Å². The Balaban J connectivity index is 1.36. The van der Waals surface area contributed by atoms with Crippen LogP contribution in [0.15, 0.2) is 60.7 Å². The van der Waals surface area contributed by atoms with Crippen molar-refractivity contribution in [1.82, 2.24) is 9.55 Å². The molecule has 0 spiro atoms. The van der Waals surface area contributed by atoms with Gasteiger partial charge in [-0.25, -0.2) is 4.98 Å². The van der Waals surface area contributed by atoms with Crippen LogP contribution >= 0.6 is 0 Å². The second-order valence-corrected chi connectivity index (χ2v) is 9.78. The van der Waals surface area contributed by atoms with Crippen molar-refractivity contribution in [3.05, 3.63) is 88.7 Å². The molecule has 5 heteroatoms. The van der Waals surface area contributed by atoms with Crippen molar-refractivity contribution in [2.75, 3.05) is 18.1 Å². The van der Waals surface area contributed by atoms with Gasteiger partial charge in [0.2, 0.25) is 5.91 Å². The van der Waals surface area contributed by atoms with Gasteiger partial charge in [-0.3, -0.25) is 4.79 Å².